The number of ether oxygens (including phenoxy) is 1. The minimum absolute atomic E-state index is 0.242. The van der Waals surface area contributed by atoms with Gasteiger partial charge < -0.3 is 9.84 Å². The van der Waals surface area contributed by atoms with Gasteiger partial charge in [-0.05, 0) is 6.92 Å². The fourth-order valence-electron chi connectivity index (χ4n) is 0.975. The molecule has 0 amide bonds. The van der Waals surface area contributed by atoms with E-state index in [1.54, 1.807) is 0 Å². The summed E-state index contributed by atoms with van der Waals surface area (Å²) < 4.78 is 77.7. The van der Waals surface area contributed by atoms with Crippen LogP contribution in [-0.2, 0) is 9.53 Å². The van der Waals surface area contributed by atoms with Crippen LogP contribution in [0.3, 0.4) is 0 Å². The van der Waals surface area contributed by atoms with E-state index in [0.29, 0.717) is 0 Å². The van der Waals surface area contributed by atoms with Crippen molar-refractivity contribution in [3.63, 3.8) is 0 Å². The number of hydrogen-bond acceptors (Lipinski definition) is 3. The van der Waals surface area contributed by atoms with Gasteiger partial charge in [0.05, 0.1) is 6.61 Å². The molecule has 0 rings (SSSR count). The fourth-order valence-corrected chi connectivity index (χ4v) is 0.975. The molecule has 0 radical (unpaired) electrons. The molecule has 0 aliphatic carbocycles. The molecule has 0 aliphatic rings. The maximum absolute atomic E-state index is 12.2. The first kappa shape index (κ1) is 16.8. The lowest BCUT2D eigenvalue weighted by Crippen LogP contribution is -2.57. The van der Waals surface area contributed by atoms with Gasteiger partial charge in [-0.15, -0.1) is 0 Å². The van der Waals surface area contributed by atoms with Crippen LogP contribution < -0.4 is 0 Å². The monoisotopic (exact) mass is 280 g/mol. The Morgan fingerprint density at radius 3 is 1.83 bits per heavy atom. The highest BCUT2D eigenvalue weighted by molar-refractivity contribution is 5.87. The van der Waals surface area contributed by atoms with Gasteiger partial charge in [-0.1, -0.05) is 6.58 Å². The van der Waals surface area contributed by atoms with Crippen LogP contribution in [0.5, 0.6) is 0 Å². The molecule has 106 valence electrons. The second kappa shape index (κ2) is 5.17. The molecular formula is C9H10F6O3. The van der Waals surface area contributed by atoms with Crippen molar-refractivity contribution >= 4 is 5.97 Å². The standard InChI is InChI=1S/C9H10F6O3/c1-3-18-6(16)5(2)4-7(17,8(10,11)12)9(13,14)15/h17H,2-4H2,1H3. The first-order valence-electron chi connectivity index (χ1n) is 4.57. The molecule has 0 aliphatic heterocycles. The highest BCUT2D eigenvalue weighted by atomic mass is 19.4. The van der Waals surface area contributed by atoms with E-state index in [2.05, 4.69) is 11.3 Å². The van der Waals surface area contributed by atoms with Gasteiger partial charge in [0.1, 0.15) is 0 Å². The van der Waals surface area contributed by atoms with Crippen molar-refractivity contribution in [3.8, 4) is 0 Å². The quantitative estimate of drug-likeness (QED) is 0.488. The van der Waals surface area contributed by atoms with Crippen molar-refractivity contribution in [2.45, 2.75) is 31.3 Å². The third-order valence-electron chi connectivity index (χ3n) is 1.97. The molecule has 0 spiro atoms. The van der Waals surface area contributed by atoms with Crippen molar-refractivity contribution < 1.29 is 41.0 Å². The molecule has 0 fully saturated rings. The Hall–Kier alpha value is -1.25. The average Bonchev–Trinajstić information content (AvgIpc) is 2.14. The Morgan fingerprint density at radius 2 is 1.56 bits per heavy atom. The Kier molecular flexibility index (Phi) is 4.81. The van der Waals surface area contributed by atoms with Crippen LogP contribution in [0.1, 0.15) is 13.3 Å². The van der Waals surface area contributed by atoms with Gasteiger partial charge >= 0.3 is 18.3 Å². The Morgan fingerprint density at radius 1 is 1.17 bits per heavy atom. The van der Waals surface area contributed by atoms with E-state index in [-0.39, 0.29) is 6.61 Å². The summed E-state index contributed by atoms with van der Waals surface area (Å²) in [7, 11) is 0. The lowest BCUT2D eigenvalue weighted by molar-refractivity contribution is -0.367. The maximum atomic E-state index is 12.2. The number of rotatable bonds is 4. The summed E-state index contributed by atoms with van der Waals surface area (Å²) in [5.74, 6) is -1.43. The van der Waals surface area contributed by atoms with Crippen LogP contribution in [0, 0.1) is 0 Å². The van der Waals surface area contributed by atoms with E-state index in [1.807, 2.05) is 0 Å². The van der Waals surface area contributed by atoms with Gasteiger partial charge in [0.2, 0.25) is 0 Å². The summed E-state index contributed by atoms with van der Waals surface area (Å²) in [5, 5.41) is 8.75. The van der Waals surface area contributed by atoms with Gasteiger partial charge in [0, 0.05) is 12.0 Å². The molecule has 18 heavy (non-hydrogen) atoms. The first-order valence-corrected chi connectivity index (χ1v) is 4.57. The molecule has 9 heteroatoms. The lowest BCUT2D eigenvalue weighted by atomic mass is 9.93. The van der Waals surface area contributed by atoms with Gasteiger partial charge in [0.15, 0.2) is 0 Å². The molecule has 0 saturated carbocycles. The summed E-state index contributed by atoms with van der Waals surface area (Å²) in [4.78, 5) is 10.9. The third-order valence-corrected chi connectivity index (χ3v) is 1.97. The topological polar surface area (TPSA) is 46.5 Å². The zero-order valence-electron chi connectivity index (χ0n) is 9.15. The molecule has 0 heterocycles. The van der Waals surface area contributed by atoms with Gasteiger partial charge in [-0.3, -0.25) is 0 Å². The summed E-state index contributed by atoms with van der Waals surface area (Å²) in [6.07, 6.45) is -14.0. The number of carbonyl (C=O) groups excluding carboxylic acids is 1. The Balaban J connectivity index is 5.19. The predicted octanol–water partition coefficient (Wildman–Crippen LogP) is 2.35. The number of hydrogen-bond donors (Lipinski definition) is 1. The summed E-state index contributed by atoms with van der Waals surface area (Å²) in [6, 6.07) is 0. The van der Waals surface area contributed by atoms with Crippen molar-refractivity contribution in [2.24, 2.45) is 0 Å². The summed E-state index contributed by atoms with van der Waals surface area (Å²) >= 11 is 0. The molecular weight excluding hydrogens is 270 g/mol. The van der Waals surface area contributed by atoms with Crippen molar-refractivity contribution in [1.29, 1.82) is 0 Å². The Bertz CT molecular complexity index is 316. The van der Waals surface area contributed by atoms with Crippen LogP contribution in [0.25, 0.3) is 0 Å². The zero-order chi connectivity index (χ0) is 14.8. The van der Waals surface area contributed by atoms with E-state index < -0.39 is 35.9 Å². The van der Waals surface area contributed by atoms with Crippen molar-refractivity contribution in [1.82, 2.24) is 0 Å². The highest BCUT2D eigenvalue weighted by Crippen LogP contribution is 2.46. The minimum Gasteiger partial charge on any atom is -0.463 e. The van der Waals surface area contributed by atoms with Crippen molar-refractivity contribution in [2.75, 3.05) is 6.61 Å². The van der Waals surface area contributed by atoms with Crippen molar-refractivity contribution in [3.05, 3.63) is 12.2 Å². The maximum Gasteiger partial charge on any atom is 0.426 e. The minimum atomic E-state index is -5.99. The first-order chi connectivity index (χ1) is 7.87. The number of alkyl halides is 6. The van der Waals surface area contributed by atoms with E-state index in [0.717, 1.165) is 0 Å². The average molecular weight is 280 g/mol. The molecule has 0 aromatic carbocycles. The largest absolute Gasteiger partial charge is 0.463 e. The predicted molar refractivity (Wildman–Crippen MR) is 47.4 cm³/mol. The van der Waals surface area contributed by atoms with E-state index in [4.69, 9.17) is 5.11 Å². The van der Waals surface area contributed by atoms with E-state index in [9.17, 15) is 31.1 Å². The fraction of sp³-hybridized carbons (Fsp3) is 0.667. The third kappa shape index (κ3) is 3.37. The molecule has 0 saturated heterocycles. The zero-order valence-corrected chi connectivity index (χ0v) is 9.15. The van der Waals surface area contributed by atoms with Gasteiger partial charge in [0.25, 0.3) is 5.60 Å². The normalized spacial score (nSPS) is 13.3. The number of esters is 1. The highest BCUT2D eigenvalue weighted by Gasteiger charge is 2.70. The van der Waals surface area contributed by atoms with Gasteiger partial charge in [-0.25, -0.2) is 4.79 Å². The smallest absolute Gasteiger partial charge is 0.426 e. The Labute approximate surface area is 98.0 Å². The summed E-state index contributed by atoms with van der Waals surface area (Å²) in [5.41, 5.74) is -6.14. The van der Waals surface area contributed by atoms with E-state index >= 15 is 0 Å². The second-order valence-electron chi connectivity index (χ2n) is 3.36. The van der Waals surface area contributed by atoms with Crippen LogP contribution in [0.4, 0.5) is 26.3 Å². The molecule has 0 bridgehead atoms. The summed E-state index contributed by atoms with van der Waals surface area (Å²) in [6.45, 7) is 3.82. The molecule has 0 aromatic heterocycles. The molecule has 1 N–H and O–H groups in total. The number of aliphatic hydroxyl groups is 1. The molecule has 0 unspecified atom stereocenters. The van der Waals surface area contributed by atoms with Crippen LogP contribution in [0.2, 0.25) is 0 Å². The number of carbonyl (C=O) groups is 1. The SMILES string of the molecule is C=C(CC(O)(C(F)(F)F)C(F)(F)F)C(=O)OCC. The molecule has 0 aromatic rings. The van der Waals surface area contributed by atoms with Gasteiger partial charge in [-0.2, -0.15) is 26.3 Å². The number of halogens is 6. The van der Waals surface area contributed by atoms with Crippen LogP contribution in [0.15, 0.2) is 12.2 Å². The molecule has 0 atom stereocenters. The lowest BCUT2D eigenvalue weighted by Gasteiger charge is -2.32. The second-order valence-corrected chi connectivity index (χ2v) is 3.36. The van der Waals surface area contributed by atoms with E-state index in [1.165, 1.54) is 6.92 Å². The molecule has 3 nitrogen and oxygen atoms in total. The van der Waals surface area contributed by atoms with Crippen LogP contribution in [-0.4, -0.2) is 35.6 Å². The van der Waals surface area contributed by atoms with Crippen LogP contribution >= 0.6 is 0 Å².